The zero-order valence-electron chi connectivity index (χ0n) is 10.3. The van der Waals surface area contributed by atoms with Gasteiger partial charge in [0.2, 0.25) is 0 Å². The summed E-state index contributed by atoms with van der Waals surface area (Å²) in [6, 6.07) is 10.5. The topological polar surface area (TPSA) is 41.5 Å². The van der Waals surface area contributed by atoms with Crippen LogP contribution in [0.15, 0.2) is 36.4 Å². The normalized spacial score (nSPS) is 10.3. The van der Waals surface area contributed by atoms with Crippen LogP contribution in [0, 0.1) is 0 Å². The van der Waals surface area contributed by atoms with E-state index in [1.54, 1.807) is 24.3 Å². The van der Waals surface area contributed by atoms with Crippen LogP contribution < -0.4 is 10.1 Å². The SMILES string of the molecule is COc1ccc(NCc2ccc(Cl)cc2Cl)cc1O. The van der Waals surface area contributed by atoms with E-state index >= 15 is 0 Å². The minimum absolute atomic E-state index is 0.0923. The van der Waals surface area contributed by atoms with Crippen molar-refractivity contribution >= 4 is 28.9 Å². The molecule has 0 fully saturated rings. The number of nitrogens with one attached hydrogen (secondary N) is 1. The van der Waals surface area contributed by atoms with Crippen molar-refractivity contribution < 1.29 is 9.84 Å². The van der Waals surface area contributed by atoms with Gasteiger partial charge in [-0.15, -0.1) is 0 Å². The van der Waals surface area contributed by atoms with Crippen LogP contribution in [0.4, 0.5) is 5.69 Å². The highest BCUT2D eigenvalue weighted by Crippen LogP contribution is 2.29. The fourth-order valence-electron chi connectivity index (χ4n) is 1.66. The molecule has 2 aromatic carbocycles. The molecule has 0 aliphatic heterocycles. The summed E-state index contributed by atoms with van der Waals surface area (Å²) in [5, 5.41) is 14.1. The lowest BCUT2D eigenvalue weighted by Crippen LogP contribution is -2.00. The molecule has 0 saturated heterocycles. The lowest BCUT2D eigenvalue weighted by atomic mass is 10.2. The van der Waals surface area contributed by atoms with Crippen molar-refractivity contribution in [3.05, 3.63) is 52.0 Å². The van der Waals surface area contributed by atoms with Crippen LogP contribution in [0.3, 0.4) is 0 Å². The Morgan fingerprint density at radius 1 is 1.16 bits per heavy atom. The molecule has 0 radical (unpaired) electrons. The quantitative estimate of drug-likeness (QED) is 0.883. The monoisotopic (exact) mass is 297 g/mol. The van der Waals surface area contributed by atoms with Crippen molar-refractivity contribution in [3.63, 3.8) is 0 Å². The van der Waals surface area contributed by atoms with Gasteiger partial charge in [-0.1, -0.05) is 29.3 Å². The predicted molar refractivity (Wildman–Crippen MR) is 78.4 cm³/mol. The molecule has 0 unspecified atom stereocenters. The minimum atomic E-state index is 0.0923. The first-order valence-electron chi connectivity index (χ1n) is 5.65. The third-order valence-electron chi connectivity index (χ3n) is 2.68. The number of methoxy groups -OCH3 is 1. The number of hydrogen-bond acceptors (Lipinski definition) is 3. The van der Waals surface area contributed by atoms with Gasteiger partial charge in [0.25, 0.3) is 0 Å². The fourth-order valence-corrected chi connectivity index (χ4v) is 2.14. The summed E-state index contributed by atoms with van der Waals surface area (Å²) in [6.45, 7) is 0.543. The first kappa shape index (κ1) is 13.8. The van der Waals surface area contributed by atoms with Crippen molar-refractivity contribution in [3.8, 4) is 11.5 Å². The molecule has 2 aromatic rings. The molecule has 19 heavy (non-hydrogen) atoms. The Kier molecular flexibility index (Phi) is 4.40. The Labute approximate surface area is 121 Å². The van der Waals surface area contributed by atoms with Gasteiger partial charge in [0.1, 0.15) is 0 Å². The van der Waals surface area contributed by atoms with Crippen LogP contribution in [0.2, 0.25) is 10.0 Å². The lowest BCUT2D eigenvalue weighted by Gasteiger charge is -2.10. The summed E-state index contributed by atoms with van der Waals surface area (Å²) >= 11 is 11.9. The molecule has 0 heterocycles. The van der Waals surface area contributed by atoms with E-state index in [4.69, 9.17) is 27.9 Å². The summed E-state index contributed by atoms with van der Waals surface area (Å²) in [6.07, 6.45) is 0. The van der Waals surface area contributed by atoms with E-state index in [0.717, 1.165) is 11.3 Å². The number of hydrogen-bond donors (Lipinski definition) is 2. The molecule has 0 aliphatic carbocycles. The second-order valence-corrected chi connectivity index (χ2v) is 4.82. The molecule has 2 rings (SSSR count). The number of phenolic OH excluding ortho intramolecular Hbond substituents is 1. The number of aromatic hydroxyl groups is 1. The number of ether oxygens (including phenoxy) is 1. The summed E-state index contributed by atoms with van der Waals surface area (Å²) in [4.78, 5) is 0. The van der Waals surface area contributed by atoms with E-state index in [-0.39, 0.29) is 5.75 Å². The van der Waals surface area contributed by atoms with Gasteiger partial charge in [-0.05, 0) is 29.8 Å². The average Bonchev–Trinajstić information content (AvgIpc) is 2.38. The average molecular weight is 298 g/mol. The van der Waals surface area contributed by atoms with Crippen LogP contribution in [-0.2, 0) is 6.54 Å². The van der Waals surface area contributed by atoms with E-state index in [2.05, 4.69) is 5.32 Å². The molecule has 0 aromatic heterocycles. The van der Waals surface area contributed by atoms with Gasteiger partial charge in [-0.25, -0.2) is 0 Å². The minimum Gasteiger partial charge on any atom is -0.504 e. The van der Waals surface area contributed by atoms with Crippen molar-refractivity contribution in [1.82, 2.24) is 0 Å². The zero-order chi connectivity index (χ0) is 13.8. The molecule has 0 aliphatic rings. The second kappa shape index (κ2) is 6.04. The third kappa shape index (κ3) is 3.46. The molecule has 3 nitrogen and oxygen atoms in total. The van der Waals surface area contributed by atoms with E-state index in [1.165, 1.54) is 7.11 Å². The maximum absolute atomic E-state index is 9.67. The lowest BCUT2D eigenvalue weighted by molar-refractivity contribution is 0.373. The molecule has 2 N–H and O–H groups in total. The van der Waals surface area contributed by atoms with Crippen molar-refractivity contribution in [1.29, 1.82) is 0 Å². The summed E-state index contributed by atoms with van der Waals surface area (Å²) in [7, 11) is 1.51. The number of anilines is 1. The molecule has 0 spiro atoms. The Morgan fingerprint density at radius 3 is 2.58 bits per heavy atom. The van der Waals surface area contributed by atoms with Crippen molar-refractivity contribution in [2.45, 2.75) is 6.54 Å². The number of halogens is 2. The van der Waals surface area contributed by atoms with Crippen LogP contribution in [0.5, 0.6) is 11.5 Å². The molecular formula is C14H13Cl2NO2. The Balaban J connectivity index is 2.08. The highest BCUT2D eigenvalue weighted by atomic mass is 35.5. The molecule has 0 saturated carbocycles. The van der Waals surface area contributed by atoms with E-state index in [0.29, 0.717) is 22.3 Å². The Morgan fingerprint density at radius 2 is 1.95 bits per heavy atom. The standard InChI is InChI=1S/C14H13Cl2NO2/c1-19-14-5-4-11(7-13(14)18)17-8-9-2-3-10(15)6-12(9)16/h2-7,17-18H,8H2,1H3. The first-order valence-corrected chi connectivity index (χ1v) is 6.40. The van der Waals surface area contributed by atoms with E-state index in [1.807, 2.05) is 12.1 Å². The number of rotatable bonds is 4. The van der Waals surface area contributed by atoms with Gasteiger partial charge >= 0.3 is 0 Å². The number of benzene rings is 2. The van der Waals surface area contributed by atoms with Gasteiger partial charge in [0.05, 0.1) is 7.11 Å². The van der Waals surface area contributed by atoms with Gasteiger partial charge < -0.3 is 15.2 Å². The van der Waals surface area contributed by atoms with E-state index < -0.39 is 0 Å². The van der Waals surface area contributed by atoms with Gasteiger partial charge in [0.15, 0.2) is 11.5 Å². The van der Waals surface area contributed by atoms with Gasteiger partial charge in [0, 0.05) is 28.3 Å². The summed E-state index contributed by atoms with van der Waals surface area (Å²) < 4.78 is 4.98. The smallest absolute Gasteiger partial charge is 0.160 e. The van der Waals surface area contributed by atoms with Crippen LogP contribution >= 0.6 is 23.2 Å². The van der Waals surface area contributed by atoms with Gasteiger partial charge in [-0.3, -0.25) is 0 Å². The van der Waals surface area contributed by atoms with Crippen LogP contribution in [0.1, 0.15) is 5.56 Å². The molecule has 0 amide bonds. The van der Waals surface area contributed by atoms with Crippen LogP contribution in [-0.4, -0.2) is 12.2 Å². The molecule has 100 valence electrons. The molecular weight excluding hydrogens is 285 g/mol. The van der Waals surface area contributed by atoms with Crippen molar-refractivity contribution in [2.24, 2.45) is 0 Å². The molecule has 0 bridgehead atoms. The maximum atomic E-state index is 9.67. The predicted octanol–water partition coefficient (Wildman–Crippen LogP) is 4.32. The van der Waals surface area contributed by atoms with Crippen molar-refractivity contribution in [2.75, 3.05) is 12.4 Å². The highest BCUT2D eigenvalue weighted by Gasteiger charge is 2.04. The number of phenols is 1. The molecule has 0 atom stereocenters. The largest absolute Gasteiger partial charge is 0.504 e. The zero-order valence-corrected chi connectivity index (χ0v) is 11.8. The Hall–Kier alpha value is -1.58. The third-order valence-corrected chi connectivity index (χ3v) is 3.26. The first-order chi connectivity index (χ1) is 9.10. The van der Waals surface area contributed by atoms with Gasteiger partial charge in [-0.2, -0.15) is 0 Å². The summed E-state index contributed by atoms with van der Waals surface area (Å²) in [5.41, 5.74) is 1.71. The second-order valence-electron chi connectivity index (χ2n) is 3.98. The highest BCUT2D eigenvalue weighted by molar-refractivity contribution is 6.35. The maximum Gasteiger partial charge on any atom is 0.160 e. The molecule has 5 heteroatoms. The van der Waals surface area contributed by atoms with Crippen LogP contribution in [0.25, 0.3) is 0 Å². The Bertz CT molecular complexity index is 588. The van der Waals surface area contributed by atoms with E-state index in [9.17, 15) is 5.11 Å². The summed E-state index contributed by atoms with van der Waals surface area (Å²) in [5.74, 6) is 0.532. The fraction of sp³-hybridized carbons (Fsp3) is 0.143.